The summed E-state index contributed by atoms with van der Waals surface area (Å²) in [6, 6.07) is 4.82. The molecule has 0 spiro atoms. The number of aryl methyl sites for hydroxylation is 1. The number of phenols is 1. The van der Waals surface area contributed by atoms with Crippen molar-refractivity contribution >= 4 is 11.9 Å². The number of phenolic OH excluding ortho intramolecular Hbond substituents is 1. The molecule has 0 aliphatic carbocycles. The maximum absolute atomic E-state index is 12.0. The Hall–Kier alpha value is -2.04. The number of carboxylic acids is 1. The van der Waals surface area contributed by atoms with Gasteiger partial charge >= 0.3 is 5.97 Å². The van der Waals surface area contributed by atoms with Crippen LogP contribution in [0, 0.1) is 6.92 Å². The molecule has 0 fully saturated rings. The SMILES string of the molecule is Cc1ccc(O)c(C(=O)N(C)CCCC(=O)O)c1. The lowest BCUT2D eigenvalue weighted by molar-refractivity contribution is -0.137. The second kappa shape index (κ2) is 6.05. The van der Waals surface area contributed by atoms with Crippen molar-refractivity contribution in [3.8, 4) is 5.75 Å². The summed E-state index contributed by atoms with van der Waals surface area (Å²) in [4.78, 5) is 23.8. The van der Waals surface area contributed by atoms with Crippen molar-refractivity contribution in [2.24, 2.45) is 0 Å². The molecule has 5 nitrogen and oxygen atoms in total. The summed E-state index contributed by atoms with van der Waals surface area (Å²) in [5.41, 5.74) is 1.13. The van der Waals surface area contributed by atoms with E-state index in [9.17, 15) is 14.7 Å². The first-order valence-electron chi connectivity index (χ1n) is 5.68. The molecule has 0 aliphatic rings. The van der Waals surface area contributed by atoms with E-state index in [1.165, 1.54) is 11.0 Å². The van der Waals surface area contributed by atoms with Crippen LogP contribution < -0.4 is 0 Å². The van der Waals surface area contributed by atoms with Crippen LogP contribution in [0.5, 0.6) is 5.75 Å². The number of aliphatic carboxylic acids is 1. The van der Waals surface area contributed by atoms with Gasteiger partial charge in [0.05, 0.1) is 5.56 Å². The maximum atomic E-state index is 12.0. The summed E-state index contributed by atoms with van der Waals surface area (Å²) >= 11 is 0. The molecule has 18 heavy (non-hydrogen) atoms. The van der Waals surface area contributed by atoms with Gasteiger partial charge in [0.25, 0.3) is 5.91 Å². The molecule has 0 aliphatic heterocycles. The molecule has 0 heterocycles. The maximum Gasteiger partial charge on any atom is 0.303 e. The Bertz CT molecular complexity index is 456. The number of nitrogens with zero attached hydrogens (tertiary/aromatic N) is 1. The highest BCUT2D eigenvalue weighted by molar-refractivity contribution is 5.96. The highest BCUT2D eigenvalue weighted by Gasteiger charge is 2.15. The van der Waals surface area contributed by atoms with Crippen LogP contribution in [0.1, 0.15) is 28.8 Å². The Morgan fingerprint density at radius 2 is 2.00 bits per heavy atom. The Kier molecular flexibility index (Phi) is 4.71. The number of amides is 1. The molecule has 5 heteroatoms. The fourth-order valence-electron chi connectivity index (χ4n) is 1.60. The molecule has 0 saturated heterocycles. The molecule has 1 amide bonds. The second-order valence-electron chi connectivity index (χ2n) is 4.24. The van der Waals surface area contributed by atoms with Crippen molar-refractivity contribution in [2.45, 2.75) is 19.8 Å². The molecule has 0 radical (unpaired) electrons. The van der Waals surface area contributed by atoms with Gasteiger partial charge in [0.15, 0.2) is 0 Å². The summed E-state index contributed by atoms with van der Waals surface area (Å²) in [7, 11) is 1.59. The van der Waals surface area contributed by atoms with Gasteiger partial charge in [-0.3, -0.25) is 9.59 Å². The number of carbonyl (C=O) groups is 2. The first kappa shape index (κ1) is 14.0. The van der Waals surface area contributed by atoms with E-state index in [1.54, 1.807) is 19.2 Å². The van der Waals surface area contributed by atoms with Gasteiger partial charge in [-0.25, -0.2) is 0 Å². The number of benzene rings is 1. The van der Waals surface area contributed by atoms with Gasteiger partial charge in [0, 0.05) is 20.0 Å². The van der Waals surface area contributed by atoms with Crippen molar-refractivity contribution in [1.29, 1.82) is 0 Å². The highest BCUT2D eigenvalue weighted by Crippen LogP contribution is 2.19. The van der Waals surface area contributed by atoms with Gasteiger partial charge in [0.2, 0.25) is 0 Å². The lowest BCUT2D eigenvalue weighted by atomic mass is 10.1. The van der Waals surface area contributed by atoms with Gasteiger partial charge in [-0.15, -0.1) is 0 Å². The van der Waals surface area contributed by atoms with Crippen LogP contribution in [0.4, 0.5) is 0 Å². The fourth-order valence-corrected chi connectivity index (χ4v) is 1.60. The average Bonchev–Trinajstić information content (AvgIpc) is 2.30. The normalized spacial score (nSPS) is 10.1. The standard InChI is InChI=1S/C13H17NO4/c1-9-5-6-11(15)10(8-9)13(18)14(2)7-3-4-12(16)17/h5-6,8,15H,3-4,7H2,1-2H3,(H,16,17). The molecule has 0 unspecified atom stereocenters. The number of carboxylic acid groups (broad SMARTS) is 1. The number of aromatic hydroxyl groups is 1. The highest BCUT2D eigenvalue weighted by atomic mass is 16.4. The van der Waals surface area contributed by atoms with Gasteiger partial charge in [-0.1, -0.05) is 11.6 Å². The second-order valence-corrected chi connectivity index (χ2v) is 4.24. The van der Waals surface area contributed by atoms with E-state index in [4.69, 9.17) is 5.11 Å². The quantitative estimate of drug-likeness (QED) is 0.833. The molecule has 98 valence electrons. The third-order valence-corrected chi connectivity index (χ3v) is 2.61. The van der Waals surface area contributed by atoms with Crippen LogP contribution in [0.3, 0.4) is 0 Å². The molecular weight excluding hydrogens is 234 g/mol. The first-order chi connectivity index (χ1) is 8.41. The van der Waals surface area contributed by atoms with Crippen LogP contribution in [-0.4, -0.2) is 40.6 Å². The van der Waals surface area contributed by atoms with E-state index >= 15 is 0 Å². The smallest absolute Gasteiger partial charge is 0.303 e. The minimum atomic E-state index is -0.880. The Morgan fingerprint density at radius 1 is 1.33 bits per heavy atom. The van der Waals surface area contributed by atoms with Crippen molar-refractivity contribution in [2.75, 3.05) is 13.6 Å². The van der Waals surface area contributed by atoms with Crippen LogP contribution in [-0.2, 0) is 4.79 Å². The predicted octanol–water partition coefficient (Wildman–Crippen LogP) is 1.64. The zero-order valence-corrected chi connectivity index (χ0v) is 10.5. The van der Waals surface area contributed by atoms with Crippen molar-refractivity contribution in [3.05, 3.63) is 29.3 Å². The molecule has 0 atom stereocenters. The van der Waals surface area contributed by atoms with Gasteiger partial charge < -0.3 is 15.1 Å². The zero-order chi connectivity index (χ0) is 13.7. The number of carbonyl (C=O) groups excluding carboxylic acids is 1. The minimum Gasteiger partial charge on any atom is -0.507 e. The van der Waals surface area contributed by atoms with Gasteiger partial charge in [0.1, 0.15) is 5.75 Å². The predicted molar refractivity (Wildman–Crippen MR) is 66.7 cm³/mol. The molecule has 2 N–H and O–H groups in total. The zero-order valence-electron chi connectivity index (χ0n) is 10.5. The van der Waals surface area contributed by atoms with Gasteiger partial charge in [-0.05, 0) is 25.5 Å². The molecule has 0 saturated carbocycles. The van der Waals surface area contributed by atoms with Crippen LogP contribution in [0.15, 0.2) is 18.2 Å². The van der Waals surface area contributed by atoms with Crippen LogP contribution in [0.2, 0.25) is 0 Å². The fraction of sp³-hybridized carbons (Fsp3) is 0.385. The van der Waals surface area contributed by atoms with Crippen LogP contribution in [0.25, 0.3) is 0 Å². The molecule has 1 aromatic carbocycles. The van der Waals surface area contributed by atoms with E-state index in [0.29, 0.717) is 13.0 Å². The first-order valence-corrected chi connectivity index (χ1v) is 5.68. The molecule has 0 bridgehead atoms. The summed E-state index contributed by atoms with van der Waals surface area (Å²) in [6.07, 6.45) is 0.418. The number of rotatable bonds is 5. The van der Waals surface area contributed by atoms with E-state index in [-0.39, 0.29) is 23.6 Å². The molecular formula is C13H17NO4. The molecule has 0 aromatic heterocycles. The summed E-state index contributed by atoms with van der Waals surface area (Å²) in [5, 5.41) is 18.1. The van der Waals surface area contributed by atoms with Crippen molar-refractivity contribution < 1.29 is 19.8 Å². The summed E-state index contributed by atoms with van der Waals surface area (Å²) in [5.74, 6) is -1.24. The lowest BCUT2D eigenvalue weighted by Gasteiger charge is -2.17. The topological polar surface area (TPSA) is 77.8 Å². The van der Waals surface area contributed by atoms with E-state index in [0.717, 1.165) is 5.56 Å². The third-order valence-electron chi connectivity index (χ3n) is 2.61. The number of hydrogen-bond acceptors (Lipinski definition) is 3. The van der Waals surface area contributed by atoms with E-state index < -0.39 is 5.97 Å². The van der Waals surface area contributed by atoms with Crippen molar-refractivity contribution in [1.82, 2.24) is 4.90 Å². The molecule has 1 rings (SSSR count). The van der Waals surface area contributed by atoms with E-state index in [1.807, 2.05) is 6.92 Å². The monoisotopic (exact) mass is 251 g/mol. The summed E-state index contributed by atoms with van der Waals surface area (Å²) in [6.45, 7) is 2.18. The minimum absolute atomic E-state index is 0.0252. The Morgan fingerprint density at radius 3 is 2.61 bits per heavy atom. The summed E-state index contributed by atoms with van der Waals surface area (Å²) < 4.78 is 0. The lowest BCUT2D eigenvalue weighted by Crippen LogP contribution is -2.28. The van der Waals surface area contributed by atoms with E-state index in [2.05, 4.69) is 0 Å². The van der Waals surface area contributed by atoms with Crippen molar-refractivity contribution in [3.63, 3.8) is 0 Å². The Balaban J connectivity index is 2.68. The van der Waals surface area contributed by atoms with Gasteiger partial charge in [-0.2, -0.15) is 0 Å². The largest absolute Gasteiger partial charge is 0.507 e. The Labute approximate surface area is 106 Å². The third kappa shape index (κ3) is 3.76. The molecule has 1 aromatic rings. The van der Waals surface area contributed by atoms with Crippen LogP contribution >= 0.6 is 0 Å². The number of hydrogen-bond donors (Lipinski definition) is 2. The average molecular weight is 251 g/mol.